The Labute approximate surface area is 119 Å². The number of carbonyl (C=O) groups excluding carboxylic acids is 1. The molecule has 2 aromatic heterocycles. The van der Waals surface area contributed by atoms with E-state index in [1.54, 1.807) is 30.3 Å². The third-order valence-electron chi connectivity index (χ3n) is 2.91. The van der Waals surface area contributed by atoms with Gasteiger partial charge in [-0.3, -0.25) is 9.89 Å². The Morgan fingerprint density at radius 2 is 2.00 bits per heavy atom. The molecule has 2 heterocycles. The highest BCUT2D eigenvalue weighted by atomic mass is 19.1. The van der Waals surface area contributed by atoms with E-state index >= 15 is 0 Å². The summed E-state index contributed by atoms with van der Waals surface area (Å²) in [5.74, 6) is 0.373. The molecule has 0 aliphatic carbocycles. The predicted molar refractivity (Wildman–Crippen MR) is 75.4 cm³/mol. The van der Waals surface area contributed by atoms with E-state index in [9.17, 15) is 9.18 Å². The summed E-state index contributed by atoms with van der Waals surface area (Å²) >= 11 is 0. The summed E-state index contributed by atoms with van der Waals surface area (Å²) < 4.78 is 18.4. The molecule has 3 aromatic rings. The lowest BCUT2D eigenvalue weighted by molar-refractivity contribution is 0.0997. The van der Waals surface area contributed by atoms with Crippen LogP contribution in [0.4, 0.5) is 10.2 Å². The molecule has 5 nitrogen and oxygen atoms in total. The van der Waals surface area contributed by atoms with Crippen molar-refractivity contribution in [2.45, 2.75) is 6.92 Å². The number of hydrogen-bond donors (Lipinski definition) is 2. The van der Waals surface area contributed by atoms with Gasteiger partial charge in [0.2, 0.25) is 0 Å². The summed E-state index contributed by atoms with van der Waals surface area (Å²) in [7, 11) is 0. The number of H-pyrrole nitrogens is 1. The summed E-state index contributed by atoms with van der Waals surface area (Å²) in [5.41, 5.74) is 1.54. The van der Waals surface area contributed by atoms with Gasteiger partial charge in [-0.2, -0.15) is 5.10 Å². The van der Waals surface area contributed by atoms with Crippen LogP contribution >= 0.6 is 0 Å². The molecule has 0 saturated carbocycles. The number of aromatic nitrogens is 2. The van der Waals surface area contributed by atoms with E-state index in [0.717, 1.165) is 5.69 Å². The summed E-state index contributed by atoms with van der Waals surface area (Å²) in [6.07, 6.45) is 0. The zero-order chi connectivity index (χ0) is 14.8. The van der Waals surface area contributed by atoms with Gasteiger partial charge in [-0.05, 0) is 43.3 Å². The molecule has 0 spiro atoms. The molecule has 0 unspecified atom stereocenters. The second-order valence-electron chi connectivity index (χ2n) is 4.56. The van der Waals surface area contributed by atoms with Crippen LogP contribution in [-0.4, -0.2) is 16.1 Å². The number of nitrogens with one attached hydrogen (secondary N) is 2. The minimum atomic E-state index is -0.394. The minimum Gasteiger partial charge on any atom is -0.451 e. The van der Waals surface area contributed by atoms with Crippen LogP contribution in [0.25, 0.3) is 11.3 Å². The summed E-state index contributed by atoms with van der Waals surface area (Å²) in [4.78, 5) is 12.0. The highest BCUT2D eigenvalue weighted by Crippen LogP contribution is 2.22. The number of anilines is 1. The summed E-state index contributed by atoms with van der Waals surface area (Å²) in [5, 5.41) is 9.26. The van der Waals surface area contributed by atoms with E-state index in [4.69, 9.17) is 4.42 Å². The van der Waals surface area contributed by atoms with Crippen LogP contribution in [-0.2, 0) is 0 Å². The fraction of sp³-hybridized carbons (Fsp3) is 0.0667. The maximum Gasteiger partial charge on any atom is 0.292 e. The van der Waals surface area contributed by atoms with Crippen molar-refractivity contribution in [3.63, 3.8) is 0 Å². The van der Waals surface area contributed by atoms with Crippen molar-refractivity contribution in [1.29, 1.82) is 0 Å². The standard InChI is InChI=1S/C15H12FN3O2/c1-9-8-14(19-18-9)17-15(20)13-7-6-12(21-13)10-2-4-11(16)5-3-10/h2-8H,1H3,(H2,17,18,19,20). The van der Waals surface area contributed by atoms with Gasteiger partial charge >= 0.3 is 0 Å². The third-order valence-corrected chi connectivity index (χ3v) is 2.91. The van der Waals surface area contributed by atoms with Gasteiger partial charge in [-0.15, -0.1) is 0 Å². The largest absolute Gasteiger partial charge is 0.451 e. The monoisotopic (exact) mass is 285 g/mol. The number of aromatic amines is 1. The molecule has 0 radical (unpaired) electrons. The highest BCUT2D eigenvalue weighted by Gasteiger charge is 2.13. The van der Waals surface area contributed by atoms with Gasteiger partial charge in [0.1, 0.15) is 11.6 Å². The van der Waals surface area contributed by atoms with Gasteiger partial charge in [-0.1, -0.05) is 0 Å². The Kier molecular flexibility index (Phi) is 3.27. The van der Waals surface area contributed by atoms with Crippen LogP contribution in [0.15, 0.2) is 46.9 Å². The van der Waals surface area contributed by atoms with Gasteiger partial charge in [0, 0.05) is 17.3 Å². The smallest absolute Gasteiger partial charge is 0.292 e. The average molecular weight is 285 g/mol. The molecule has 0 aliphatic rings. The Morgan fingerprint density at radius 3 is 2.67 bits per heavy atom. The first-order chi connectivity index (χ1) is 10.1. The fourth-order valence-electron chi connectivity index (χ4n) is 1.89. The molecule has 0 saturated heterocycles. The summed E-state index contributed by atoms with van der Waals surface area (Å²) in [6, 6.07) is 10.8. The Hall–Kier alpha value is -2.89. The van der Waals surface area contributed by atoms with Crippen molar-refractivity contribution in [1.82, 2.24) is 10.2 Å². The van der Waals surface area contributed by atoms with Crippen molar-refractivity contribution in [3.05, 3.63) is 59.7 Å². The lowest BCUT2D eigenvalue weighted by Crippen LogP contribution is -2.11. The molecule has 1 aromatic carbocycles. The molecule has 0 aliphatic heterocycles. The van der Waals surface area contributed by atoms with Crippen molar-refractivity contribution in [2.75, 3.05) is 5.32 Å². The van der Waals surface area contributed by atoms with Crippen molar-refractivity contribution >= 4 is 11.7 Å². The maximum absolute atomic E-state index is 12.9. The first-order valence-corrected chi connectivity index (χ1v) is 6.31. The number of furan rings is 1. The predicted octanol–water partition coefficient (Wildman–Crippen LogP) is 3.37. The van der Waals surface area contributed by atoms with Gasteiger partial charge in [0.05, 0.1) is 0 Å². The van der Waals surface area contributed by atoms with Crippen LogP contribution in [0.5, 0.6) is 0 Å². The van der Waals surface area contributed by atoms with Gasteiger partial charge in [0.25, 0.3) is 5.91 Å². The molecule has 0 fully saturated rings. The molecule has 106 valence electrons. The van der Waals surface area contributed by atoms with Gasteiger partial charge in [-0.25, -0.2) is 4.39 Å². The fourth-order valence-corrected chi connectivity index (χ4v) is 1.89. The van der Waals surface area contributed by atoms with Crippen LogP contribution in [0.2, 0.25) is 0 Å². The van der Waals surface area contributed by atoms with Gasteiger partial charge < -0.3 is 9.73 Å². The Morgan fingerprint density at radius 1 is 1.24 bits per heavy atom. The number of hydrogen-bond acceptors (Lipinski definition) is 3. The lowest BCUT2D eigenvalue weighted by atomic mass is 10.2. The quantitative estimate of drug-likeness (QED) is 0.775. The van der Waals surface area contributed by atoms with Crippen LogP contribution in [0, 0.1) is 12.7 Å². The number of carbonyl (C=O) groups is 1. The van der Waals surface area contributed by atoms with Crippen molar-refractivity contribution < 1.29 is 13.6 Å². The van der Waals surface area contributed by atoms with Gasteiger partial charge in [0.15, 0.2) is 11.6 Å². The van der Waals surface area contributed by atoms with Crippen molar-refractivity contribution in [2.24, 2.45) is 0 Å². The van der Waals surface area contributed by atoms with Crippen LogP contribution in [0.3, 0.4) is 0 Å². The molecule has 0 bridgehead atoms. The van der Waals surface area contributed by atoms with E-state index in [2.05, 4.69) is 15.5 Å². The molecule has 21 heavy (non-hydrogen) atoms. The summed E-state index contributed by atoms with van der Waals surface area (Å²) in [6.45, 7) is 1.84. The maximum atomic E-state index is 12.9. The number of aryl methyl sites for hydroxylation is 1. The van der Waals surface area contributed by atoms with E-state index in [0.29, 0.717) is 17.1 Å². The Balaban J connectivity index is 1.78. The van der Waals surface area contributed by atoms with E-state index in [-0.39, 0.29) is 11.6 Å². The number of nitrogens with zero attached hydrogens (tertiary/aromatic N) is 1. The first-order valence-electron chi connectivity index (χ1n) is 6.31. The first kappa shape index (κ1) is 13.1. The molecular formula is C15H12FN3O2. The zero-order valence-electron chi connectivity index (χ0n) is 11.2. The highest BCUT2D eigenvalue weighted by molar-refractivity contribution is 6.02. The van der Waals surface area contributed by atoms with Crippen molar-refractivity contribution in [3.8, 4) is 11.3 Å². The van der Waals surface area contributed by atoms with E-state index in [1.165, 1.54) is 12.1 Å². The normalized spacial score (nSPS) is 10.6. The SMILES string of the molecule is Cc1cc(NC(=O)c2ccc(-c3ccc(F)cc3)o2)n[nH]1. The third kappa shape index (κ3) is 2.84. The molecular weight excluding hydrogens is 273 g/mol. The zero-order valence-corrected chi connectivity index (χ0v) is 11.2. The molecule has 3 rings (SSSR count). The molecule has 6 heteroatoms. The number of benzene rings is 1. The topological polar surface area (TPSA) is 70.9 Å². The van der Waals surface area contributed by atoms with Crippen LogP contribution < -0.4 is 5.32 Å². The van der Waals surface area contributed by atoms with Crippen LogP contribution in [0.1, 0.15) is 16.2 Å². The lowest BCUT2D eigenvalue weighted by Gasteiger charge is -1.99. The second kappa shape index (κ2) is 5.24. The molecule has 1 amide bonds. The molecule has 0 atom stereocenters. The number of rotatable bonds is 3. The number of amides is 1. The van der Waals surface area contributed by atoms with E-state index < -0.39 is 5.91 Å². The molecule has 2 N–H and O–H groups in total. The minimum absolute atomic E-state index is 0.162. The number of halogens is 1. The van der Waals surface area contributed by atoms with E-state index in [1.807, 2.05) is 6.92 Å². The second-order valence-corrected chi connectivity index (χ2v) is 4.56. The Bertz CT molecular complexity index is 774. The average Bonchev–Trinajstić information content (AvgIpc) is 3.09.